The number of amides is 2. The number of nitrogens with one attached hydrogen (secondary N) is 2. The second-order valence-electron chi connectivity index (χ2n) is 8.08. The minimum Gasteiger partial charge on any atom is -0.461 e. The zero-order valence-corrected chi connectivity index (χ0v) is 18.4. The molecule has 0 saturated carbocycles. The molecule has 2 rings (SSSR count). The summed E-state index contributed by atoms with van der Waals surface area (Å²) in [5.41, 5.74) is 0.555. The van der Waals surface area contributed by atoms with E-state index < -0.39 is 42.1 Å². The van der Waals surface area contributed by atoms with Gasteiger partial charge in [0.05, 0.1) is 6.42 Å². The Hall–Kier alpha value is -3.68. The highest BCUT2D eigenvalue weighted by atomic mass is 16.6. The van der Waals surface area contributed by atoms with Crippen LogP contribution in [0.1, 0.15) is 44.4 Å². The summed E-state index contributed by atoms with van der Waals surface area (Å²) in [7, 11) is 0. The van der Waals surface area contributed by atoms with Crippen LogP contribution in [0.5, 0.6) is 0 Å². The molecule has 32 heavy (non-hydrogen) atoms. The van der Waals surface area contributed by atoms with Gasteiger partial charge in [-0.2, -0.15) is 0 Å². The number of carbonyl (C=O) groups excluding carboxylic acids is 4. The minimum atomic E-state index is -1.29. The molecule has 170 valence electrons. The fourth-order valence-corrected chi connectivity index (χ4v) is 2.73. The Morgan fingerprint density at radius 3 is 2.09 bits per heavy atom. The normalized spacial score (nSPS) is 12.7. The molecule has 0 aliphatic heterocycles. The van der Waals surface area contributed by atoms with Crippen molar-refractivity contribution < 1.29 is 28.7 Å². The fourth-order valence-electron chi connectivity index (χ4n) is 2.73. The van der Waals surface area contributed by atoms with E-state index in [9.17, 15) is 19.2 Å². The quantitative estimate of drug-likeness (QED) is 0.458. The molecular weight excluding hydrogens is 412 g/mol. The maximum atomic E-state index is 12.8. The molecule has 8 nitrogen and oxygen atoms in total. The molecule has 0 saturated heterocycles. The number of ether oxygens (including phenoxy) is 2. The van der Waals surface area contributed by atoms with Gasteiger partial charge in [0.25, 0.3) is 0 Å². The van der Waals surface area contributed by atoms with E-state index in [1.807, 2.05) is 18.2 Å². The van der Waals surface area contributed by atoms with Gasteiger partial charge in [-0.05, 0) is 31.9 Å². The van der Waals surface area contributed by atoms with Crippen LogP contribution >= 0.6 is 0 Å². The van der Waals surface area contributed by atoms with Crippen molar-refractivity contribution in [3.05, 3.63) is 71.8 Å². The van der Waals surface area contributed by atoms with Gasteiger partial charge in [0.15, 0.2) is 0 Å². The molecule has 0 aliphatic carbocycles. The van der Waals surface area contributed by atoms with Gasteiger partial charge in [0, 0.05) is 0 Å². The zero-order chi connectivity index (χ0) is 23.6. The number of benzene rings is 2. The molecule has 2 N–H and O–H groups in total. The summed E-state index contributed by atoms with van der Waals surface area (Å²) in [6, 6.07) is 15.4. The average molecular weight is 440 g/mol. The van der Waals surface area contributed by atoms with Crippen LogP contribution in [-0.4, -0.2) is 35.9 Å². The predicted octanol–water partition coefficient (Wildman–Crippen LogP) is 3.07. The fraction of sp³-hybridized carbons (Fsp3) is 0.333. The minimum absolute atomic E-state index is 0.0292. The van der Waals surface area contributed by atoms with Crippen molar-refractivity contribution in [1.29, 1.82) is 0 Å². The van der Waals surface area contributed by atoms with Crippen molar-refractivity contribution >= 4 is 24.3 Å². The number of carbonyl (C=O) groups is 4. The van der Waals surface area contributed by atoms with Crippen LogP contribution in [0.3, 0.4) is 0 Å². The Labute approximate surface area is 187 Å². The number of aldehydes is 1. The highest BCUT2D eigenvalue weighted by Crippen LogP contribution is 2.12. The van der Waals surface area contributed by atoms with Crippen molar-refractivity contribution in [2.75, 3.05) is 0 Å². The van der Waals surface area contributed by atoms with E-state index in [0.29, 0.717) is 11.8 Å². The summed E-state index contributed by atoms with van der Waals surface area (Å²) < 4.78 is 10.4. The third kappa shape index (κ3) is 8.59. The third-order valence-electron chi connectivity index (χ3n) is 4.21. The molecule has 2 aromatic carbocycles. The molecule has 0 unspecified atom stereocenters. The zero-order valence-electron chi connectivity index (χ0n) is 18.4. The van der Waals surface area contributed by atoms with Crippen LogP contribution in [0.25, 0.3) is 0 Å². The van der Waals surface area contributed by atoms with E-state index in [2.05, 4.69) is 10.6 Å². The topological polar surface area (TPSA) is 111 Å². The van der Waals surface area contributed by atoms with Gasteiger partial charge >= 0.3 is 12.1 Å². The molecule has 0 fully saturated rings. The predicted molar refractivity (Wildman–Crippen MR) is 117 cm³/mol. The molecule has 0 aliphatic rings. The van der Waals surface area contributed by atoms with Crippen LogP contribution in [0.2, 0.25) is 0 Å². The summed E-state index contributed by atoms with van der Waals surface area (Å²) >= 11 is 0. The second-order valence-corrected chi connectivity index (χ2v) is 8.08. The van der Waals surface area contributed by atoms with Crippen molar-refractivity contribution in [3.8, 4) is 0 Å². The summed E-state index contributed by atoms with van der Waals surface area (Å²) in [6.07, 6.45) is -0.722. The molecule has 0 spiro atoms. The van der Waals surface area contributed by atoms with Gasteiger partial charge in [-0.3, -0.25) is 9.59 Å². The Kier molecular flexibility index (Phi) is 8.95. The molecule has 2 atom stereocenters. The van der Waals surface area contributed by atoms with E-state index in [4.69, 9.17) is 9.47 Å². The summed E-state index contributed by atoms with van der Waals surface area (Å²) in [4.78, 5) is 49.0. The first kappa shape index (κ1) is 24.6. The van der Waals surface area contributed by atoms with Crippen LogP contribution < -0.4 is 10.6 Å². The van der Waals surface area contributed by atoms with Crippen LogP contribution in [-0.2, 0) is 30.5 Å². The Bertz CT molecular complexity index is 909. The van der Waals surface area contributed by atoms with Crippen molar-refractivity contribution in [2.24, 2.45) is 0 Å². The van der Waals surface area contributed by atoms with Gasteiger partial charge in [-0.1, -0.05) is 60.7 Å². The van der Waals surface area contributed by atoms with Gasteiger partial charge in [0.2, 0.25) is 5.91 Å². The average Bonchev–Trinajstić information content (AvgIpc) is 2.75. The largest absolute Gasteiger partial charge is 0.461 e. The van der Waals surface area contributed by atoms with Crippen LogP contribution in [0.15, 0.2) is 60.7 Å². The first-order valence-corrected chi connectivity index (χ1v) is 10.2. The lowest BCUT2D eigenvalue weighted by molar-refractivity contribution is -0.147. The van der Waals surface area contributed by atoms with Gasteiger partial charge in [-0.15, -0.1) is 0 Å². The monoisotopic (exact) mass is 440 g/mol. The molecule has 0 heterocycles. The van der Waals surface area contributed by atoms with Gasteiger partial charge < -0.3 is 24.9 Å². The lowest BCUT2D eigenvalue weighted by atomic mass is 10.1. The first-order valence-electron chi connectivity index (χ1n) is 10.2. The number of alkyl carbamates (subject to hydrolysis) is 1. The summed E-state index contributed by atoms with van der Waals surface area (Å²) in [6.45, 7) is 5.05. The number of hydrogen-bond acceptors (Lipinski definition) is 6. The highest BCUT2D eigenvalue weighted by Gasteiger charge is 2.29. The Balaban J connectivity index is 2.07. The number of hydrogen-bond donors (Lipinski definition) is 2. The SMILES string of the molecule is CC(C)(C)OC(=O)N[C@@H](CC(=O)OCc1ccccc1)C(=O)N[C@@H](C=O)c1ccccc1. The van der Waals surface area contributed by atoms with Crippen molar-refractivity contribution in [2.45, 2.75) is 51.5 Å². The highest BCUT2D eigenvalue weighted by molar-refractivity contribution is 5.91. The Morgan fingerprint density at radius 1 is 0.938 bits per heavy atom. The molecule has 8 heteroatoms. The van der Waals surface area contributed by atoms with Gasteiger partial charge in [-0.25, -0.2) is 4.79 Å². The lowest BCUT2D eigenvalue weighted by Gasteiger charge is -2.24. The number of esters is 1. The van der Waals surface area contributed by atoms with E-state index >= 15 is 0 Å². The smallest absolute Gasteiger partial charge is 0.408 e. The van der Waals surface area contributed by atoms with Crippen LogP contribution in [0, 0.1) is 0 Å². The molecule has 2 amide bonds. The lowest BCUT2D eigenvalue weighted by Crippen LogP contribution is -2.50. The number of rotatable bonds is 9. The summed E-state index contributed by atoms with van der Waals surface area (Å²) in [5.74, 6) is -1.40. The van der Waals surface area contributed by atoms with E-state index in [1.54, 1.807) is 63.2 Å². The maximum absolute atomic E-state index is 12.8. The molecule has 0 bridgehead atoms. The van der Waals surface area contributed by atoms with E-state index in [-0.39, 0.29) is 6.61 Å². The first-order chi connectivity index (χ1) is 15.2. The van der Waals surface area contributed by atoms with E-state index in [0.717, 1.165) is 5.56 Å². The molecule has 0 aromatic heterocycles. The third-order valence-corrected chi connectivity index (χ3v) is 4.21. The molecule has 2 aromatic rings. The Morgan fingerprint density at radius 2 is 1.53 bits per heavy atom. The molecular formula is C24H28N2O6. The second kappa shape index (κ2) is 11.6. The molecule has 0 radical (unpaired) electrons. The van der Waals surface area contributed by atoms with Crippen molar-refractivity contribution in [1.82, 2.24) is 10.6 Å². The van der Waals surface area contributed by atoms with Crippen molar-refractivity contribution in [3.63, 3.8) is 0 Å². The van der Waals surface area contributed by atoms with E-state index in [1.165, 1.54) is 0 Å². The summed E-state index contributed by atoms with van der Waals surface area (Å²) in [5, 5.41) is 4.94. The standard InChI is InChI=1S/C24H28N2O6/c1-24(2,3)32-23(30)26-19(14-21(28)31-16-17-10-6-4-7-11-17)22(29)25-20(15-27)18-12-8-5-9-13-18/h4-13,15,19-20H,14,16H2,1-3H3,(H,25,29)(H,26,30)/t19-,20-/m0/s1. The van der Waals surface area contributed by atoms with Gasteiger partial charge in [0.1, 0.15) is 30.6 Å². The van der Waals surface area contributed by atoms with Crippen LogP contribution in [0.4, 0.5) is 4.79 Å². The maximum Gasteiger partial charge on any atom is 0.408 e.